The van der Waals surface area contributed by atoms with Crippen molar-refractivity contribution in [3.05, 3.63) is 65.2 Å². The minimum Gasteiger partial charge on any atom is -0.465 e. The molecule has 0 aromatic heterocycles. The maximum Gasteiger partial charge on any atom is 0.339 e. The topological polar surface area (TPSA) is 119 Å². The zero-order valence-corrected chi connectivity index (χ0v) is 16.0. The molecule has 0 saturated carbocycles. The first kappa shape index (κ1) is 20.7. The van der Waals surface area contributed by atoms with Crippen molar-refractivity contribution in [3.63, 3.8) is 0 Å². The lowest BCUT2D eigenvalue weighted by Crippen LogP contribution is -2.45. The smallest absolute Gasteiger partial charge is 0.339 e. The first-order valence-electron chi connectivity index (χ1n) is 8.96. The number of benzene rings is 2. The predicted molar refractivity (Wildman–Crippen MR) is 104 cm³/mol. The highest BCUT2D eigenvalue weighted by atomic mass is 16.5. The number of anilines is 1. The predicted octanol–water partition coefficient (Wildman–Crippen LogP) is 1.18. The minimum absolute atomic E-state index is 0.00000828. The summed E-state index contributed by atoms with van der Waals surface area (Å²) in [6.07, 6.45) is -0.00000828. The van der Waals surface area contributed by atoms with Gasteiger partial charge in [-0.3, -0.25) is 24.1 Å². The fourth-order valence-corrected chi connectivity index (χ4v) is 2.95. The van der Waals surface area contributed by atoms with Crippen molar-refractivity contribution < 1.29 is 33.4 Å². The number of carbonyl (C=O) groups is 5. The average molecular weight is 410 g/mol. The molecule has 2 aromatic rings. The van der Waals surface area contributed by atoms with Crippen LogP contribution in [0.4, 0.5) is 5.69 Å². The highest BCUT2D eigenvalue weighted by molar-refractivity contribution is 6.11. The molecule has 1 aliphatic heterocycles. The monoisotopic (exact) mass is 410 g/mol. The van der Waals surface area contributed by atoms with E-state index in [1.54, 1.807) is 36.4 Å². The van der Waals surface area contributed by atoms with Crippen molar-refractivity contribution >= 4 is 35.3 Å². The number of methoxy groups -OCH3 is 1. The number of rotatable bonds is 6. The normalized spacial score (nSPS) is 12.8. The van der Waals surface area contributed by atoms with Gasteiger partial charge < -0.3 is 14.8 Å². The van der Waals surface area contributed by atoms with E-state index >= 15 is 0 Å². The fourth-order valence-electron chi connectivity index (χ4n) is 2.95. The van der Waals surface area contributed by atoms with Crippen LogP contribution in [0, 0.1) is 0 Å². The van der Waals surface area contributed by atoms with Crippen LogP contribution in [0.3, 0.4) is 0 Å². The van der Waals surface area contributed by atoms with Gasteiger partial charge in [0, 0.05) is 5.56 Å². The Hall–Kier alpha value is -4.01. The van der Waals surface area contributed by atoms with Gasteiger partial charge >= 0.3 is 11.9 Å². The molecule has 2 aromatic carbocycles. The van der Waals surface area contributed by atoms with E-state index in [-0.39, 0.29) is 17.7 Å². The second kappa shape index (κ2) is 8.99. The second-order valence-corrected chi connectivity index (χ2v) is 6.36. The van der Waals surface area contributed by atoms with Gasteiger partial charge in [0.2, 0.25) is 5.91 Å². The van der Waals surface area contributed by atoms with Crippen LogP contribution in [-0.4, -0.2) is 54.8 Å². The summed E-state index contributed by atoms with van der Waals surface area (Å²) in [7, 11) is 1.21. The molecule has 0 saturated heterocycles. The van der Waals surface area contributed by atoms with Gasteiger partial charge in [0.15, 0.2) is 6.61 Å². The number of fused-ring (bicyclic) bond motifs is 1. The lowest BCUT2D eigenvalue weighted by molar-refractivity contribution is -0.150. The lowest BCUT2D eigenvalue weighted by Gasteiger charge is -2.25. The Kier molecular flexibility index (Phi) is 6.21. The maximum atomic E-state index is 12.4. The van der Waals surface area contributed by atoms with E-state index in [0.29, 0.717) is 11.1 Å². The van der Waals surface area contributed by atoms with Gasteiger partial charge in [-0.05, 0) is 23.8 Å². The van der Waals surface area contributed by atoms with Gasteiger partial charge in [-0.1, -0.05) is 30.3 Å². The zero-order chi connectivity index (χ0) is 21.7. The first-order chi connectivity index (χ1) is 14.4. The molecule has 3 amide bonds. The summed E-state index contributed by atoms with van der Waals surface area (Å²) in [6, 6.07) is 12.8. The molecule has 0 spiro atoms. The van der Waals surface area contributed by atoms with Crippen LogP contribution in [0.5, 0.6) is 0 Å². The molecule has 0 aliphatic carbocycles. The van der Waals surface area contributed by atoms with Crippen LogP contribution in [0.25, 0.3) is 0 Å². The Morgan fingerprint density at radius 2 is 1.73 bits per heavy atom. The third kappa shape index (κ3) is 4.52. The van der Waals surface area contributed by atoms with Crippen LogP contribution in [0.15, 0.2) is 48.5 Å². The molecule has 1 aliphatic rings. The molecule has 9 heteroatoms. The molecule has 1 heterocycles. The Labute approximate surface area is 171 Å². The number of hydrogen-bond acceptors (Lipinski definition) is 7. The Morgan fingerprint density at radius 3 is 2.50 bits per heavy atom. The largest absolute Gasteiger partial charge is 0.465 e. The van der Waals surface area contributed by atoms with Gasteiger partial charge in [0.1, 0.15) is 6.54 Å². The van der Waals surface area contributed by atoms with Crippen molar-refractivity contribution in [2.45, 2.75) is 6.42 Å². The van der Waals surface area contributed by atoms with Gasteiger partial charge in [0.05, 0.1) is 24.8 Å². The van der Waals surface area contributed by atoms with E-state index in [1.807, 2.05) is 0 Å². The van der Waals surface area contributed by atoms with Gasteiger partial charge in [-0.15, -0.1) is 0 Å². The molecule has 3 rings (SSSR count). The fraction of sp³-hybridized carbons (Fsp3) is 0.190. The minimum atomic E-state index is -0.910. The van der Waals surface area contributed by atoms with Crippen LogP contribution >= 0.6 is 0 Å². The van der Waals surface area contributed by atoms with Gasteiger partial charge in [0.25, 0.3) is 11.8 Å². The molecule has 9 nitrogen and oxygen atoms in total. The number of para-hydroxylation sites is 1. The average Bonchev–Trinajstić information content (AvgIpc) is 2.75. The molecule has 0 radical (unpaired) electrons. The van der Waals surface area contributed by atoms with E-state index in [0.717, 1.165) is 4.90 Å². The van der Waals surface area contributed by atoms with E-state index < -0.39 is 42.8 Å². The van der Waals surface area contributed by atoms with Crippen molar-refractivity contribution in [2.24, 2.45) is 0 Å². The number of amides is 3. The molecule has 0 fully saturated rings. The highest BCUT2D eigenvalue weighted by Crippen LogP contribution is 2.19. The third-order valence-corrected chi connectivity index (χ3v) is 4.39. The van der Waals surface area contributed by atoms with Gasteiger partial charge in [-0.2, -0.15) is 0 Å². The van der Waals surface area contributed by atoms with Crippen molar-refractivity contribution in [1.82, 2.24) is 4.90 Å². The maximum absolute atomic E-state index is 12.4. The Balaban J connectivity index is 1.57. The first-order valence-corrected chi connectivity index (χ1v) is 8.96. The number of imide groups is 1. The quantitative estimate of drug-likeness (QED) is 0.561. The Morgan fingerprint density at radius 1 is 1.03 bits per heavy atom. The number of nitrogens with zero attached hydrogens (tertiary/aromatic N) is 1. The standard InChI is InChI=1S/C21H18N2O7/c1-29-21(28)15-8-4-5-9-16(15)22-17(24)12-30-19(26)11-23-18(25)10-13-6-2-3-7-14(13)20(23)27/h2-9H,10-12H2,1H3,(H,22,24). The Bertz CT molecular complexity index is 1030. The van der Waals surface area contributed by atoms with E-state index in [2.05, 4.69) is 10.1 Å². The molecular weight excluding hydrogens is 392 g/mol. The van der Waals surface area contributed by atoms with E-state index in [4.69, 9.17) is 4.74 Å². The summed E-state index contributed by atoms with van der Waals surface area (Å²) in [5, 5.41) is 2.45. The molecule has 0 unspecified atom stereocenters. The van der Waals surface area contributed by atoms with E-state index in [1.165, 1.54) is 19.2 Å². The summed E-state index contributed by atoms with van der Waals surface area (Å²) < 4.78 is 9.52. The summed E-state index contributed by atoms with van der Waals surface area (Å²) in [5.41, 5.74) is 1.29. The van der Waals surface area contributed by atoms with Crippen molar-refractivity contribution in [3.8, 4) is 0 Å². The number of esters is 2. The van der Waals surface area contributed by atoms with Gasteiger partial charge in [-0.25, -0.2) is 4.79 Å². The molecule has 30 heavy (non-hydrogen) atoms. The molecule has 0 atom stereocenters. The number of carbonyl (C=O) groups excluding carboxylic acids is 5. The molecule has 1 N–H and O–H groups in total. The number of hydrogen-bond donors (Lipinski definition) is 1. The number of ether oxygens (including phenoxy) is 2. The summed E-state index contributed by atoms with van der Waals surface area (Å²) >= 11 is 0. The van der Waals surface area contributed by atoms with Crippen LogP contribution in [-0.2, 0) is 30.3 Å². The SMILES string of the molecule is COC(=O)c1ccccc1NC(=O)COC(=O)CN1C(=O)Cc2ccccc2C1=O. The molecule has 0 bridgehead atoms. The second-order valence-electron chi connectivity index (χ2n) is 6.36. The summed E-state index contributed by atoms with van der Waals surface area (Å²) in [4.78, 5) is 61.3. The van der Waals surface area contributed by atoms with Crippen LogP contribution in [0.1, 0.15) is 26.3 Å². The van der Waals surface area contributed by atoms with E-state index in [9.17, 15) is 24.0 Å². The lowest BCUT2D eigenvalue weighted by atomic mass is 9.98. The van der Waals surface area contributed by atoms with Crippen molar-refractivity contribution in [1.29, 1.82) is 0 Å². The number of nitrogens with one attached hydrogen (secondary N) is 1. The third-order valence-electron chi connectivity index (χ3n) is 4.39. The molecular formula is C21H18N2O7. The van der Waals surface area contributed by atoms with Crippen LogP contribution < -0.4 is 5.32 Å². The van der Waals surface area contributed by atoms with Crippen molar-refractivity contribution in [2.75, 3.05) is 25.6 Å². The highest BCUT2D eigenvalue weighted by Gasteiger charge is 2.32. The molecule has 154 valence electrons. The zero-order valence-electron chi connectivity index (χ0n) is 16.0. The van der Waals surface area contributed by atoms with Crippen LogP contribution in [0.2, 0.25) is 0 Å². The summed E-state index contributed by atoms with van der Waals surface area (Å²) in [5.74, 6) is -3.35. The summed E-state index contributed by atoms with van der Waals surface area (Å²) in [6.45, 7) is -1.25.